The second-order valence-electron chi connectivity index (χ2n) is 2.68. The first-order valence-electron chi connectivity index (χ1n) is 3.60. The fourth-order valence-corrected chi connectivity index (χ4v) is 2.45. The molecule has 1 heterocycles. The van der Waals surface area contributed by atoms with E-state index in [1.165, 1.54) is 19.2 Å². The van der Waals surface area contributed by atoms with Crippen molar-refractivity contribution in [3.05, 3.63) is 29.2 Å². The molecule has 0 atom stereocenters. The van der Waals surface area contributed by atoms with Crippen molar-refractivity contribution in [1.29, 1.82) is 0 Å². The monoisotopic (exact) mass is 199 g/mol. The first-order valence-corrected chi connectivity index (χ1v) is 5.04. The van der Waals surface area contributed by atoms with Crippen molar-refractivity contribution in [3.63, 3.8) is 0 Å². The van der Waals surface area contributed by atoms with Crippen molar-refractivity contribution < 1.29 is 13.3 Å². The third kappa shape index (κ3) is 0.888. The van der Waals surface area contributed by atoms with E-state index in [1.807, 2.05) is 0 Å². The predicted molar refractivity (Wildman–Crippen MR) is 44.7 cm³/mol. The van der Waals surface area contributed by atoms with Gasteiger partial charge in [-0.05, 0) is 10.5 Å². The molecule has 0 N–H and O–H groups in total. The normalized spacial score (nSPS) is 18.8. The lowest BCUT2D eigenvalue weighted by Gasteiger charge is -1.95. The highest BCUT2D eigenvalue weighted by Gasteiger charge is 2.46. The number of sulfonamides is 1. The van der Waals surface area contributed by atoms with Crippen LogP contribution in [-0.2, 0) is 10.0 Å². The summed E-state index contributed by atoms with van der Waals surface area (Å²) in [5.74, 6) is 0. The Labute approximate surface area is 75.2 Å². The molecule has 0 radical (unpaired) electrons. The van der Waals surface area contributed by atoms with Crippen LogP contribution in [0.1, 0.15) is 0 Å². The standard InChI is InChI=1S/C7H7N2O3S/c1-8-9(10)6-4-2-3-5-7(6)13(8,11)12/h2-5H,1H3/q+1. The average Bonchev–Trinajstić information content (AvgIpc) is 2.30. The fraction of sp³-hybridized carbons (Fsp3) is 0.143. The molecule has 0 saturated carbocycles. The quantitative estimate of drug-likeness (QED) is 0.576. The Morgan fingerprint density at radius 2 is 1.92 bits per heavy atom. The molecule has 68 valence electrons. The van der Waals surface area contributed by atoms with E-state index in [4.69, 9.17) is 0 Å². The smallest absolute Gasteiger partial charge is 0.196 e. The molecule has 6 heteroatoms. The van der Waals surface area contributed by atoms with E-state index < -0.39 is 10.0 Å². The lowest BCUT2D eigenvalue weighted by molar-refractivity contribution is -0.594. The zero-order valence-electron chi connectivity index (χ0n) is 6.84. The van der Waals surface area contributed by atoms with Gasteiger partial charge in [-0.25, -0.2) is 0 Å². The highest BCUT2D eigenvalue weighted by molar-refractivity contribution is 7.89. The predicted octanol–water partition coefficient (Wildman–Crippen LogP) is 0.646. The van der Waals surface area contributed by atoms with Gasteiger partial charge in [-0.1, -0.05) is 12.1 Å². The summed E-state index contributed by atoms with van der Waals surface area (Å²) >= 11 is 0. The molecule has 1 aliphatic rings. The van der Waals surface area contributed by atoms with Crippen molar-refractivity contribution in [2.45, 2.75) is 4.90 Å². The number of nitroso groups, excluding NO2 is 1. The molecule has 2 rings (SSSR count). The molecule has 1 aliphatic heterocycles. The topological polar surface area (TPSA) is 57.5 Å². The van der Waals surface area contributed by atoms with Gasteiger partial charge in [0.05, 0.1) is 12.0 Å². The van der Waals surface area contributed by atoms with Crippen molar-refractivity contribution >= 4 is 15.7 Å². The van der Waals surface area contributed by atoms with E-state index in [1.54, 1.807) is 12.1 Å². The van der Waals surface area contributed by atoms with Crippen LogP contribution in [0.15, 0.2) is 29.2 Å². The number of fused-ring (bicyclic) bond motifs is 1. The van der Waals surface area contributed by atoms with Crippen LogP contribution in [0.5, 0.6) is 0 Å². The Balaban J connectivity index is 2.83. The Bertz CT molecular complexity index is 480. The Hall–Kier alpha value is -1.43. The minimum Gasteiger partial charge on any atom is -0.196 e. The maximum atomic E-state index is 11.5. The zero-order chi connectivity index (χ0) is 9.64. The molecule has 0 unspecified atom stereocenters. The number of hydrogen-bond acceptors (Lipinski definition) is 3. The molecule has 1 aromatic carbocycles. The van der Waals surface area contributed by atoms with Crippen LogP contribution in [0.25, 0.3) is 0 Å². The average molecular weight is 199 g/mol. The SMILES string of the molecule is CN1[N+](=O)c2ccccc2S1(=O)=O. The minimum atomic E-state index is -3.59. The lowest BCUT2D eigenvalue weighted by Crippen LogP contribution is -2.25. The summed E-state index contributed by atoms with van der Waals surface area (Å²) in [6.07, 6.45) is 0. The molecular weight excluding hydrogens is 192 g/mol. The van der Waals surface area contributed by atoms with E-state index in [2.05, 4.69) is 0 Å². The fourth-order valence-electron chi connectivity index (χ4n) is 1.23. The van der Waals surface area contributed by atoms with Crippen LogP contribution in [0.3, 0.4) is 0 Å². The van der Waals surface area contributed by atoms with Crippen LogP contribution in [0, 0.1) is 4.91 Å². The van der Waals surface area contributed by atoms with Crippen molar-refractivity contribution in [2.75, 3.05) is 7.05 Å². The molecule has 5 nitrogen and oxygen atoms in total. The van der Waals surface area contributed by atoms with E-state index in [0.717, 1.165) is 0 Å². The summed E-state index contributed by atoms with van der Waals surface area (Å²) in [4.78, 5) is 11.7. The Kier molecular flexibility index (Phi) is 1.44. The number of benzene rings is 1. The molecule has 13 heavy (non-hydrogen) atoms. The highest BCUT2D eigenvalue weighted by atomic mass is 32.2. The molecule has 0 bridgehead atoms. The summed E-state index contributed by atoms with van der Waals surface area (Å²) in [5.41, 5.74) is 0.171. The molecular formula is C7H7N2O3S+. The van der Waals surface area contributed by atoms with Crippen LogP contribution in [0.2, 0.25) is 0 Å². The summed E-state index contributed by atoms with van der Waals surface area (Å²) in [6.45, 7) is 0. The molecule has 0 aromatic heterocycles. The number of rotatable bonds is 0. The van der Waals surface area contributed by atoms with Crippen LogP contribution in [-0.4, -0.2) is 24.7 Å². The van der Waals surface area contributed by atoms with Crippen molar-refractivity contribution in [1.82, 2.24) is 4.41 Å². The second-order valence-corrected chi connectivity index (χ2v) is 4.60. The Morgan fingerprint density at radius 1 is 1.31 bits per heavy atom. The van der Waals surface area contributed by atoms with Crippen molar-refractivity contribution in [3.8, 4) is 0 Å². The maximum absolute atomic E-state index is 11.5. The number of nitrogens with zero attached hydrogens (tertiary/aromatic N) is 2. The van der Waals surface area contributed by atoms with Gasteiger partial charge in [-0.15, -0.1) is 0 Å². The van der Waals surface area contributed by atoms with E-state index in [-0.39, 0.29) is 10.6 Å². The molecule has 0 saturated heterocycles. The van der Waals surface area contributed by atoms with Gasteiger partial charge in [0, 0.05) is 6.07 Å². The Morgan fingerprint density at radius 3 is 2.54 bits per heavy atom. The minimum absolute atomic E-state index is 0.0625. The van der Waals surface area contributed by atoms with Gasteiger partial charge >= 0.3 is 15.7 Å². The molecule has 0 fully saturated rings. The van der Waals surface area contributed by atoms with Gasteiger partial charge < -0.3 is 0 Å². The van der Waals surface area contributed by atoms with Crippen LogP contribution in [0.4, 0.5) is 5.69 Å². The molecule has 0 aliphatic carbocycles. The first kappa shape index (κ1) is 8.18. The highest BCUT2D eigenvalue weighted by Crippen LogP contribution is 2.33. The largest absolute Gasteiger partial charge is 0.319 e. The van der Waals surface area contributed by atoms with Gasteiger partial charge in [0.25, 0.3) is 0 Å². The third-order valence-corrected chi connectivity index (χ3v) is 3.70. The summed E-state index contributed by atoms with van der Waals surface area (Å²) in [7, 11) is -2.36. The zero-order valence-corrected chi connectivity index (χ0v) is 7.65. The van der Waals surface area contributed by atoms with E-state index >= 15 is 0 Å². The maximum Gasteiger partial charge on any atom is 0.319 e. The van der Waals surface area contributed by atoms with Gasteiger partial charge in [-0.3, -0.25) is 0 Å². The van der Waals surface area contributed by atoms with Crippen molar-refractivity contribution in [2.24, 2.45) is 0 Å². The molecule has 0 spiro atoms. The number of hydrazine groups is 1. The van der Waals surface area contributed by atoms with Gasteiger partial charge in [-0.2, -0.15) is 8.42 Å². The third-order valence-electron chi connectivity index (χ3n) is 1.95. The second kappa shape index (κ2) is 2.29. The van der Waals surface area contributed by atoms with Crippen LogP contribution < -0.4 is 0 Å². The van der Waals surface area contributed by atoms with Gasteiger partial charge in [0.2, 0.25) is 0 Å². The summed E-state index contributed by atoms with van der Waals surface area (Å²) in [6, 6.07) is 6.10. The summed E-state index contributed by atoms with van der Waals surface area (Å²) < 4.78 is 23.6. The van der Waals surface area contributed by atoms with E-state index in [0.29, 0.717) is 9.28 Å². The van der Waals surface area contributed by atoms with E-state index in [9.17, 15) is 13.3 Å². The molecule has 0 amide bonds. The van der Waals surface area contributed by atoms with Gasteiger partial charge in [0.15, 0.2) is 9.76 Å². The number of para-hydroxylation sites is 1. The number of hydrogen-bond donors (Lipinski definition) is 0. The van der Waals surface area contributed by atoms with Crippen LogP contribution >= 0.6 is 0 Å². The lowest BCUT2D eigenvalue weighted by atomic mass is 10.3. The summed E-state index contributed by atoms with van der Waals surface area (Å²) in [5, 5.41) is 0. The first-order chi connectivity index (χ1) is 6.05. The molecule has 1 aromatic rings. The van der Waals surface area contributed by atoms with Gasteiger partial charge in [0.1, 0.15) is 0 Å².